The standard InChI is InChI=1S/C8H14FNO/c9-7-4-8(6-11)2-1-3-10(8)5-7/h7,11H,1-6H2/i3D2,7D. The van der Waals surface area contributed by atoms with E-state index in [1.807, 2.05) is 0 Å². The fraction of sp³-hybridized carbons (Fsp3) is 1.00. The lowest BCUT2D eigenvalue weighted by molar-refractivity contribution is 0.0996. The maximum absolute atomic E-state index is 13.5. The normalized spacial score (nSPS) is 60.0. The molecule has 2 unspecified atom stereocenters. The van der Waals surface area contributed by atoms with Gasteiger partial charge in [0.15, 0.2) is 0 Å². The maximum atomic E-state index is 13.5. The zero-order valence-electron chi connectivity index (χ0n) is 9.31. The quantitative estimate of drug-likeness (QED) is 0.609. The Morgan fingerprint density at radius 2 is 2.73 bits per heavy atom. The van der Waals surface area contributed by atoms with E-state index in [2.05, 4.69) is 0 Å². The molecule has 2 saturated heterocycles. The van der Waals surface area contributed by atoms with Gasteiger partial charge in [-0.05, 0) is 19.3 Å². The molecule has 2 aliphatic heterocycles. The first-order valence-corrected chi connectivity index (χ1v) is 3.89. The molecule has 1 N–H and O–H groups in total. The number of rotatable bonds is 1. The van der Waals surface area contributed by atoms with Crippen LogP contribution in [0.3, 0.4) is 0 Å². The number of aliphatic hydroxyl groups excluding tert-OH is 1. The van der Waals surface area contributed by atoms with Gasteiger partial charge in [-0.3, -0.25) is 4.90 Å². The number of aliphatic hydroxyl groups is 1. The molecule has 0 aromatic rings. The largest absolute Gasteiger partial charge is 0.394 e. The van der Waals surface area contributed by atoms with Gasteiger partial charge in [0.2, 0.25) is 0 Å². The maximum Gasteiger partial charge on any atom is 0.115 e. The summed E-state index contributed by atoms with van der Waals surface area (Å²) < 4.78 is 36.1. The van der Waals surface area contributed by atoms with Gasteiger partial charge < -0.3 is 5.11 Å². The van der Waals surface area contributed by atoms with Crippen LogP contribution in [0.4, 0.5) is 4.39 Å². The average Bonchev–Trinajstić information content (AvgIpc) is 2.46. The first-order valence-electron chi connectivity index (χ1n) is 5.39. The van der Waals surface area contributed by atoms with E-state index in [1.165, 1.54) is 4.90 Å². The van der Waals surface area contributed by atoms with Gasteiger partial charge in [0.1, 0.15) is 6.15 Å². The van der Waals surface area contributed by atoms with E-state index in [0.717, 1.165) is 0 Å². The van der Waals surface area contributed by atoms with Crippen molar-refractivity contribution in [3.63, 3.8) is 0 Å². The smallest absolute Gasteiger partial charge is 0.115 e. The highest BCUT2D eigenvalue weighted by Crippen LogP contribution is 2.39. The number of fused-ring (bicyclic) bond motifs is 1. The van der Waals surface area contributed by atoms with E-state index in [-0.39, 0.29) is 19.6 Å². The van der Waals surface area contributed by atoms with Crippen LogP contribution < -0.4 is 0 Å². The lowest BCUT2D eigenvalue weighted by Crippen LogP contribution is -2.41. The van der Waals surface area contributed by atoms with Crippen molar-refractivity contribution in [3.8, 4) is 0 Å². The average molecular weight is 162 g/mol. The molecule has 0 aromatic carbocycles. The first-order chi connectivity index (χ1) is 6.31. The molecular formula is C8H14FNO. The molecule has 0 aromatic heterocycles. The molecule has 0 amide bonds. The number of halogens is 1. The molecule has 3 heteroatoms. The van der Waals surface area contributed by atoms with Crippen LogP contribution in [0.2, 0.25) is 0 Å². The van der Waals surface area contributed by atoms with Gasteiger partial charge in [0.05, 0.1) is 7.98 Å². The van der Waals surface area contributed by atoms with Gasteiger partial charge in [-0.15, -0.1) is 0 Å². The highest BCUT2D eigenvalue weighted by atomic mass is 19.1. The topological polar surface area (TPSA) is 23.5 Å². The molecule has 0 bridgehead atoms. The van der Waals surface area contributed by atoms with E-state index in [4.69, 9.17) is 4.11 Å². The first kappa shape index (κ1) is 4.77. The predicted molar refractivity (Wildman–Crippen MR) is 40.1 cm³/mol. The molecule has 11 heavy (non-hydrogen) atoms. The Morgan fingerprint density at radius 3 is 3.36 bits per heavy atom. The number of alkyl halides is 1. The Balaban J connectivity index is 2.31. The van der Waals surface area contributed by atoms with Crippen LogP contribution >= 0.6 is 0 Å². The van der Waals surface area contributed by atoms with Crippen LogP contribution in [0, 0.1) is 0 Å². The van der Waals surface area contributed by atoms with Crippen LogP contribution in [0.5, 0.6) is 0 Å². The van der Waals surface area contributed by atoms with Crippen LogP contribution in [0.1, 0.15) is 23.4 Å². The van der Waals surface area contributed by atoms with Crippen molar-refractivity contribution in [1.29, 1.82) is 0 Å². The summed E-state index contributed by atoms with van der Waals surface area (Å²) in [6.45, 7) is -2.07. The van der Waals surface area contributed by atoms with Gasteiger partial charge in [-0.1, -0.05) is 0 Å². The Kier molecular flexibility index (Phi) is 1.05. The molecule has 64 valence electrons. The molecular weight excluding hydrogens is 145 g/mol. The fourth-order valence-corrected chi connectivity index (χ4v) is 1.94. The highest BCUT2D eigenvalue weighted by molar-refractivity contribution is 5.03. The minimum absolute atomic E-state index is 0.0873. The molecule has 0 aliphatic carbocycles. The summed E-state index contributed by atoms with van der Waals surface area (Å²) in [7, 11) is 0. The van der Waals surface area contributed by atoms with E-state index in [9.17, 15) is 9.50 Å². The Hall–Kier alpha value is -0.150. The zero-order valence-corrected chi connectivity index (χ0v) is 6.31. The molecule has 0 spiro atoms. The minimum Gasteiger partial charge on any atom is -0.394 e. The zero-order chi connectivity index (χ0) is 10.6. The second-order valence-electron chi connectivity index (χ2n) is 3.32. The SMILES string of the molecule is [2H]C1(F)CN2C([2H])([2H])CCC2(CO)C1. The molecule has 0 saturated carbocycles. The van der Waals surface area contributed by atoms with Crippen LogP contribution in [-0.4, -0.2) is 41.3 Å². The highest BCUT2D eigenvalue weighted by Gasteiger charge is 2.47. The minimum atomic E-state index is -2.11. The number of hydrogen-bond donors (Lipinski definition) is 1. The summed E-state index contributed by atoms with van der Waals surface area (Å²) in [6, 6.07) is 0. The lowest BCUT2D eigenvalue weighted by atomic mass is 9.95. The van der Waals surface area contributed by atoms with E-state index in [1.54, 1.807) is 0 Å². The molecule has 2 heterocycles. The third-order valence-electron chi connectivity index (χ3n) is 2.61. The monoisotopic (exact) mass is 162 g/mol. The summed E-state index contributed by atoms with van der Waals surface area (Å²) in [4.78, 5) is 1.33. The second-order valence-corrected chi connectivity index (χ2v) is 3.32. The molecule has 2 nitrogen and oxygen atoms in total. The van der Waals surface area contributed by atoms with Crippen LogP contribution in [0.25, 0.3) is 0 Å². The third-order valence-corrected chi connectivity index (χ3v) is 2.61. The van der Waals surface area contributed by atoms with Crippen molar-refractivity contribution < 1.29 is 13.6 Å². The van der Waals surface area contributed by atoms with Gasteiger partial charge in [-0.2, -0.15) is 0 Å². The Morgan fingerprint density at radius 1 is 1.91 bits per heavy atom. The van der Waals surface area contributed by atoms with Crippen molar-refractivity contribution in [2.24, 2.45) is 0 Å². The van der Waals surface area contributed by atoms with Crippen LogP contribution in [0.15, 0.2) is 0 Å². The summed E-state index contributed by atoms with van der Waals surface area (Å²) >= 11 is 0. The van der Waals surface area contributed by atoms with Gasteiger partial charge in [0, 0.05) is 21.2 Å². The van der Waals surface area contributed by atoms with Crippen LogP contribution in [-0.2, 0) is 0 Å². The van der Waals surface area contributed by atoms with Crippen molar-refractivity contribution in [2.45, 2.75) is 30.9 Å². The Bertz CT molecular complexity index is 261. The Labute approximate surface area is 70.2 Å². The number of nitrogens with zero attached hydrogens (tertiary/aromatic N) is 1. The van der Waals surface area contributed by atoms with Gasteiger partial charge in [-0.25, -0.2) is 4.39 Å². The summed E-state index contributed by atoms with van der Waals surface area (Å²) in [6.07, 6.45) is -1.46. The second kappa shape index (κ2) is 2.42. The molecule has 2 aliphatic rings. The molecule has 0 radical (unpaired) electrons. The molecule has 2 fully saturated rings. The van der Waals surface area contributed by atoms with Crippen molar-refractivity contribution in [3.05, 3.63) is 0 Å². The van der Waals surface area contributed by atoms with Gasteiger partial charge >= 0.3 is 0 Å². The van der Waals surface area contributed by atoms with Crippen molar-refractivity contribution in [1.82, 2.24) is 4.90 Å². The lowest BCUT2D eigenvalue weighted by Gasteiger charge is -2.28. The fourth-order valence-electron chi connectivity index (χ4n) is 1.94. The van der Waals surface area contributed by atoms with Crippen molar-refractivity contribution in [2.75, 3.05) is 19.6 Å². The summed E-state index contributed by atoms with van der Waals surface area (Å²) in [5.74, 6) is 0. The predicted octanol–water partition coefficient (Wildman–Crippen LogP) is 0.555. The van der Waals surface area contributed by atoms with E-state index < -0.39 is 18.2 Å². The molecule has 2 rings (SSSR count). The number of hydrogen-bond acceptors (Lipinski definition) is 2. The molecule has 2 atom stereocenters. The summed E-state index contributed by atoms with van der Waals surface area (Å²) in [5, 5.41) is 9.23. The summed E-state index contributed by atoms with van der Waals surface area (Å²) in [5.41, 5.74) is -0.833. The van der Waals surface area contributed by atoms with Crippen molar-refractivity contribution >= 4 is 0 Å². The van der Waals surface area contributed by atoms with E-state index >= 15 is 0 Å². The van der Waals surface area contributed by atoms with Gasteiger partial charge in [0.25, 0.3) is 0 Å². The third kappa shape index (κ3) is 0.983. The van der Waals surface area contributed by atoms with E-state index in [0.29, 0.717) is 12.8 Å².